The summed E-state index contributed by atoms with van der Waals surface area (Å²) in [5.41, 5.74) is 1.31. The molecule has 1 aromatic heterocycles. The van der Waals surface area contributed by atoms with Gasteiger partial charge in [0.2, 0.25) is 5.91 Å². The molecule has 1 N–H and O–H groups in total. The fourth-order valence-corrected chi connectivity index (χ4v) is 2.82. The van der Waals surface area contributed by atoms with Crippen molar-refractivity contribution < 1.29 is 22.7 Å². The first-order valence-electron chi connectivity index (χ1n) is 8.08. The monoisotopic (exact) mass is 376 g/mol. The van der Waals surface area contributed by atoms with Gasteiger partial charge in [-0.25, -0.2) is 4.98 Å². The van der Waals surface area contributed by atoms with E-state index in [2.05, 4.69) is 15.0 Å². The highest BCUT2D eigenvalue weighted by Gasteiger charge is 2.34. The van der Waals surface area contributed by atoms with Crippen LogP contribution in [-0.2, 0) is 4.79 Å². The third-order valence-electron chi connectivity index (χ3n) is 4.09. The van der Waals surface area contributed by atoms with Crippen LogP contribution in [0.25, 0.3) is 0 Å². The number of ether oxygens (including phenoxy) is 1. The molecule has 1 atom stereocenters. The average molecular weight is 376 g/mol. The third-order valence-corrected chi connectivity index (χ3v) is 4.09. The Bertz CT molecular complexity index is 908. The Kier molecular flexibility index (Phi) is 4.90. The second kappa shape index (κ2) is 7.15. The van der Waals surface area contributed by atoms with Crippen molar-refractivity contribution in [3.63, 3.8) is 0 Å². The van der Waals surface area contributed by atoms with E-state index in [-0.39, 0.29) is 17.4 Å². The Morgan fingerprint density at radius 1 is 1.33 bits per heavy atom. The molecule has 27 heavy (non-hydrogen) atoms. The van der Waals surface area contributed by atoms with Gasteiger partial charge in [0.15, 0.2) is 0 Å². The average Bonchev–Trinajstić information content (AvgIpc) is 2.96. The summed E-state index contributed by atoms with van der Waals surface area (Å²) in [4.78, 5) is 18.2. The van der Waals surface area contributed by atoms with Gasteiger partial charge in [-0.15, -0.1) is 13.2 Å². The van der Waals surface area contributed by atoms with Gasteiger partial charge in [-0.2, -0.15) is 5.26 Å². The molecular formula is C18H15F3N4O2. The SMILES string of the molecule is Cc1ccc(NC2CCN(c3cccc(OC(F)(F)F)c3)C2=O)nc1C#N. The summed E-state index contributed by atoms with van der Waals surface area (Å²) < 4.78 is 41.0. The van der Waals surface area contributed by atoms with Crippen LogP contribution in [0.2, 0.25) is 0 Å². The van der Waals surface area contributed by atoms with Gasteiger partial charge in [-0.1, -0.05) is 12.1 Å². The van der Waals surface area contributed by atoms with E-state index in [9.17, 15) is 18.0 Å². The molecule has 1 fully saturated rings. The zero-order valence-corrected chi connectivity index (χ0v) is 14.2. The number of hydrogen-bond donors (Lipinski definition) is 1. The van der Waals surface area contributed by atoms with Crippen molar-refractivity contribution in [2.75, 3.05) is 16.8 Å². The van der Waals surface area contributed by atoms with Gasteiger partial charge in [0, 0.05) is 18.3 Å². The van der Waals surface area contributed by atoms with Crippen LogP contribution in [0.15, 0.2) is 36.4 Å². The van der Waals surface area contributed by atoms with Gasteiger partial charge in [-0.05, 0) is 37.1 Å². The van der Waals surface area contributed by atoms with Crippen molar-refractivity contribution in [2.24, 2.45) is 0 Å². The van der Waals surface area contributed by atoms with Crippen LogP contribution in [0, 0.1) is 18.3 Å². The normalized spacial score (nSPS) is 16.9. The van der Waals surface area contributed by atoms with Gasteiger partial charge in [0.1, 0.15) is 29.4 Å². The zero-order valence-electron chi connectivity index (χ0n) is 14.2. The number of amides is 1. The van der Waals surface area contributed by atoms with Crippen LogP contribution < -0.4 is 15.0 Å². The standard InChI is InChI=1S/C18H15F3N4O2/c1-11-5-6-16(24-15(11)10-22)23-14-7-8-25(17(14)26)12-3-2-4-13(9-12)27-18(19,20)21/h2-6,9,14H,7-8H2,1H3,(H,23,24). The molecule has 1 aliphatic heterocycles. The molecule has 9 heteroatoms. The summed E-state index contributed by atoms with van der Waals surface area (Å²) in [6.07, 6.45) is -4.35. The molecule has 2 heterocycles. The van der Waals surface area contributed by atoms with Gasteiger partial charge in [0.25, 0.3) is 0 Å². The van der Waals surface area contributed by atoms with Crippen molar-refractivity contribution in [3.05, 3.63) is 47.7 Å². The first-order valence-corrected chi connectivity index (χ1v) is 8.08. The highest BCUT2D eigenvalue weighted by molar-refractivity contribution is 6.01. The quantitative estimate of drug-likeness (QED) is 0.885. The Morgan fingerprint density at radius 2 is 2.11 bits per heavy atom. The van der Waals surface area contributed by atoms with Crippen LogP contribution in [0.1, 0.15) is 17.7 Å². The highest BCUT2D eigenvalue weighted by atomic mass is 19.4. The molecule has 0 radical (unpaired) electrons. The van der Waals surface area contributed by atoms with Crippen molar-refractivity contribution >= 4 is 17.4 Å². The number of alkyl halides is 3. The number of anilines is 2. The number of pyridine rings is 1. The first kappa shape index (κ1) is 18.5. The number of carbonyl (C=O) groups is 1. The predicted octanol–water partition coefficient (Wildman–Crippen LogP) is 3.38. The van der Waals surface area contributed by atoms with Crippen LogP contribution in [-0.4, -0.2) is 29.8 Å². The maximum absolute atomic E-state index is 12.6. The summed E-state index contributed by atoms with van der Waals surface area (Å²) >= 11 is 0. The van der Waals surface area contributed by atoms with Crippen LogP contribution in [0.5, 0.6) is 5.75 Å². The number of carbonyl (C=O) groups excluding carboxylic acids is 1. The minimum Gasteiger partial charge on any atom is -0.406 e. The van der Waals surface area contributed by atoms with Crippen LogP contribution in [0.4, 0.5) is 24.7 Å². The lowest BCUT2D eigenvalue weighted by Gasteiger charge is -2.19. The van der Waals surface area contributed by atoms with E-state index < -0.39 is 12.4 Å². The fourth-order valence-electron chi connectivity index (χ4n) is 2.82. The van der Waals surface area contributed by atoms with E-state index in [0.29, 0.717) is 24.5 Å². The number of aromatic nitrogens is 1. The number of nitrogens with one attached hydrogen (secondary N) is 1. The van der Waals surface area contributed by atoms with E-state index in [1.807, 2.05) is 6.07 Å². The second-order valence-electron chi connectivity index (χ2n) is 5.99. The Balaban J connectivity index is 1.74. The molecule has 3 rings (SSSR count). The van der Waals surface area contributed by atoms with E-state index in [0.717, 1.165) is 5.56 Å². The van der Waals surface area contributed by atoms with Crippen molar-refractivity contribution in [1.29, 1.82) is 5.26 Å². The van der Waals surface area contributed by atoms with Gasteiger partial charge >= 0.3 is 6.36 Å². The minimum atomic E-state index is -4.80. The second-order valence-corrected chi connectivity index (χ2v) is 5.99. The molecule has 0 saturated carbocycles. The summed E-state index contributed by atoms with van der Waals surface area (Å²) in [7, 11) is 0. The number of halogens is 3. The predicted molar refractivity (Wildman–Crippen MR) is 91.2 cm³/mol. The maximum atomic E-state index is 12.6. The third kappa shape index (κ3) is 4.28. The molecule has 0 spiro atoms. The van der Waals surface area contributed by atoms with Crippen molar-refractivity contribution in [1.82, 2.24) is 4.98 Å². The lowest BCUT2D eigenvalue weighted by molar-refractivity contribution is -0.274. The molecule has 1 aromatic carbocycles. The molecule has 140 valence electrons. The fraction of sp³-hybridized carbons (Fsp3) is 0.278. The zero-order chi connectivity index (χ0) is 19.6. The maximum Gasteiger partial charge on any atom is 0.573 e. The Labute approximate surface area is 153 Å². The molecule has 1 amide bonds. The largest absolute Gasteiger partial charge is 0.573 e. The number of benzene rings is 1. The minimum absolute atomic E-state index is 0.263. The van der Waals surface area contributed by atoms with E-state index >= 15 is 0 Å². The summed E-state index contributed by atoms with van der Waals surface area (Å²) in [6, 6.07) is 10.1. The smallest absolute Gasteiger partial charge is 0.406 e. The van der Waals surface area contributed by atoms with Crippen LogP contribution in [0.3, 0.4) is 0 Å². The molecule has 0 bridgehead atoms. The molecule has 0 aliphatic carbocycles. The lowest BCUT2D eigenvalue weighted by atomic mass is 10.2. The van der Waals surface area contributed by atoms with Crippen molar-refractivity contribution in [3.8, 4) is 11.8 Å². The molecule has 1 unspecified atom stereocenters. The number of nitrogens with zero attached hydrogens (tertiary/aromatic N) is 3. The number of hydrogen-bond acceptors (Lipinski definition) is 5. The molecule has 6 nitrogen and oxygen atoms in total. The topological polar surface area (TPSA) is 78.2 Å². The van der Waals surface area contributed by atoms with Gasteiger partial charge in [0.05, 0.1) is 0 Å². The molecule has 2 aromatic rings. The van der Waals surface area contributed by atoms with Crippen LogP contribution >= 0.6 is 0 Å². The van der Waals surface area contributed by atoms with Crippen molar-refractivity contribution in [2.45, 2.75) is 25.7 Å². The highest BCUT2D eigenvalue weighted by Crippen LogP contribution is 2.29. The summed E-state index contributed by atoms with van der Waals surface area (Å²) in [6.45, 7) is 2.09. The number of nitriles is 1. The Morgan fingerprint density at radius 3 is 2.81 bits per heavy atom. The molecular weight excluding hydrogens is 361 g/mol. The summed E-state index contributed by atoms with van der Waals surface area (Å²) in [5.74, 6) is -0.283. The number of aryl methyl sites for hydroxylation is 1. The van der Waals surface area contributed by atoms with E-state index in [4.69, 9.17) is 5.26 Å². The summed E-state index contributed by atoms with van der Waals surface area (Å²) in [5, 5.41) is 12.0. The van der Waals surface area contributed by atoms with Gasteiger partial charge < -0.3 is 15.0 Å². The first-order chi connectivity index (χ1) is 12.8. The molecule has 1 saturated heterocycles. The number of rotatable bonds is 4. The van der Waals surface area contributed by atoms with E-state index in [1.54, 1.807) is 25.1 Å². The van der Waals surface area contributed by atoms with Gasteiger partial charge in [-0.3, -0.25) is 4.79 Å². The van der Waals surface area contributed by atoms with E-state index in [1.165, 1.54) is 23.1 Å². The lowest BCUT2D eigenvalue weighted by Crippen LogP contribution is -2.33. The Hall–Kier alpha value is -3.28. The molecule has 1 aliphatic rings.